The third-order valence-corrected chi connectivity index (χ3v) is 7.48. The molecule has 1 aromatic carbocycles. The topological polar surface area (TPSA) is 122 Å². The van der Waals surface area contributed by atoms with Crippen LogP contribution >= 0.6 is 0 Å². The van der Waals surface area contributed by atoms with Gasteiger partial charge >= 0.3 is 0 Å². The van der Waals surface area contributed by atoms with Crippen molar-refractivity contribution in [1.82, 2.24) is 9.44 Å². The van der Waals surface area contributed by atoms with Crippen LogP contribution in [0.2, 0.25) is 0 Å². The van der Waals surface area contributed by atoms with Crippen molar-refractivity contribution < 1.29 is 26.7 Å². The third kappa shape index (κ3) is 6.15. The number of rotatable bonds is 9. The molecule has 1 aliphatic carbocycles. The minimum Gasteiger partial charge on any atom is -0.492 e. The molecule has 0 aliphatic heterocycles. The zero-order chi connectivity index (χ0) is 21.0. The highest BCUT2D eigenvalue weighted by molar-refractivity contribution is 7.90. The summed E-state index contributed by atoms with van der Waals surface area (Å²) in [5, 5.41) is 10.7. The van der Waals surface area contributed by atoms with E-state index in [4.69, 9.17) is 4.74 Å². The Kier molecular flexibility index (Phi) is 7.49. The number of benzene rings is 1. The maximum atomic E-state index is 12.3. The quantitative estimate of drug-likeness (QED) is 0.500. The monoisotopic (exact) mass is 434 g/mol. The van der Waals surface area contributed by atoms with Crippen molar-refractivity contribution in [2.75, 3.05) is 19.4 Å². The lowest BCUT2D eigenvalue weighted by atomic mass is 9.76. The number of nitrogens with one attached hydrogen (secondary N) is 2. The molecule has 0 radical (unpaired) electrons. The highest BCUT2D eigenvalue weighted by Crippen LogP contribution is 2.38. The van der Waals surface area contributed by atoms with Gasteiger partial charge in [-0.05, 0) is 44.4 Å². The summed E-state index contributed by atoms with van der Waals surface area (Å²) in [6, 6.07) is 6.24. The average Bonchev–Trinajstić information content (AvgIpc) is 2.60. The zero-order valence-corrected chi connectivity index (χ0v) is 18.1. The van der Waals surface area contributed by atoms with E-state index in [1.54, 1.807) is 38.1 Å². The van der Waals surface area contributed by atoms with Gasteiger partial charge in [-0.1, -0.05) is 25.0 Å². The van der Waals surface area contributed by atoms with Gasteiger partial charge < -0.3 is 9.84 Å². The molecule has 0 heterocycles. The first-order valence-electron chi connectivity index (χ1n) is 9.35. The molecule has 0 amide bonds. The van der Waals surface area contributed by atoms with Crippen LogP contribution in [0.1, 0.15) is 45.1 Å². The Morgan fingerprint density at radius 1 is 1.18 bits per heavy atom. The molecule has 3 N–H and O–H groups in total. The summed E-state index contributed by atoms with van der Waals surface area (Å²) in [5.41, 5.74) is -0.651. The van der Waals surface area contributed by atoms with Gasteiger partial charge in [-0.2, -0.15) is 0 Å². The molecule has 28 heavy (non-hydrogen) atoms. The van der Waals surface area contributed by atoms with Crippen LogP contribution in [0.3, 0.4) is 0 Å². The van der Waals surface area contributed by atoms with Crippen molar-refractivity contribution in [3.05, 3.63) is 29.8 Å². The van der Waals surface area contributed by atoms with Crippen LogP contribution in [0.4, 0.5) is 0 Å². The van der Waals surface area contributed by atoms with Crippen molar-refractivity contribution in [3.8, 4) is 5.75 Å². The molecule has 2 rings (SSSR count). The van der Waals surface area contributed by atoms with E-state index < -0.39 is 36.9 Å². The Morgan fingerprint density at radius 2 is 1.82 bits per heavy atom. The number of ether oxygens (including phenoxy) is 1. The molecule has 1 fully saturated rings. The molecule has 1 aliphatic rings. The summed E-state index contributed by atoms with van der Waals surface area (Å²) in [7, 11) is -6.76. The molecule has 1 unspecified atom stereocenters. The SMILES string of the molecule is CC(C)S(=O)(=O)N[C@H]1CCCCC1(O)c1ccc(OCCNS(C)(=O)=O)cc1. The van der Waals surface area contributed by atoms with Gasteiger partial charge in [-0.3, -0.25) is 0 Å². The number of aliphatic hydroxyl groups is 1. The van der Waals surface area contributed by atoms with E-state index in [1.807, 2.05) is 0 Å². The van der Waals surface area contributed by atoms with Crippen LogP contribution in [0.15, 0.2) is 24.3 Å². The Labute approximate surface area is 167 Å². The van der Waals surface area contributed by atoms with Crippen LogP contribution in [0, 0.1) is 0 Å². The van der Waals surface area contributed by atoms with E-state index in [2.05, 4.69) is 9.44 Å². The number of hydrogen-bond donors (Lipinski definition) is 3. The lowest BCUT2D eigenvalue weighted by Crippen LogP contribution is -2.53. The van der Waals surface area contributed by atoms with Gasteiger partial charge in [0.15, 0.2) is 0 Å². The summed E-state index contributed by atoms with van der Waals surface area (Å²) in [4.78, 5) is 0. The van der Waals surface area contributed by atoms with Crippen molar-refractivity contribution in [2.24, 2.45) is 0 Å². The van der Waals surface area contributed by atoms with Gasteiger partial charge in [-0.25, -0.2) is 26.3 Å². The van der Waals surface area contributed by atoms with E-state index in [9.17, 15) is 21.9 Å². The van der Waals surface area contributed by atoms with Crippen LogP contribution in [0.25, 0.3) is 0 Å². The Hall–Kier alpha value is -1.20. The standard InChI is InChI=1S/C18H30N2O6S2/c1-14(2)28(24,25)20-17-6-4-5-11-18(17,21)15-7-9-16(10-8-15)26-13-12-19-27(3,22)23/h7-10,14,17,19-21H,4-6,11-13H2,1-3H3/t17-,18?/m0/s1. The predicted octanol–water partition coefficient (Wildman–Crippen LogP) is 1.07. The highest BCUT2D eigenvalue weighted by atomic mass is 32.2. The molecular weight excluding hydrogens is 404 g/mol. The fourth-order valence-electron chi connectivity index (χ4n) is 3.23. The second kappa shape index (κ2) is 9.08. The molecule has 160 valence electrons. The zero-order valence-electron chi connectivity index (χ0n) is 16.5. The smallest absolute Gasteiger partial charge is 0.214 e. The minimum atomic E-state index is -3.50. The molecular formula is C18H30N2O6S2. The fourth-order valence-corrected chi connectivity index (χ4v) is 4.66. The molecule has 10 heteroatoms. The van der Waals surface area contributed by atoms with Crippen LogP contribution in [-0.4, -0.2) is 52.6 Å². The predicted molar refractivity (Wildman–Crippen MR) is 108 cm³/mol. The molecule has 1 saturated carbocycles. The van der Waals surface area contributed by atoms with Crippen molar-refractivity contribution in [1.29, 1.82) is 0 Å². The van der Waals surface area contributed by atoms with Crippen LogP contribution in [0.5, 0.6) is 5.75 Å². The van der Waals surface area contributed by atoms with Crippen LogP contribution < -0.4 is 14.2 Å². The van der Waals surface area contributed by atoms with Gasteiger partial charge in [0, 0.05) is 6.54 Å². The number of hydrogen-bond acceptors (Lipinski definition) is 6. The average molecular weight is 435 g/mol. The molecule has 0 spiro atoms. The van der Waals surface area contributed by atoms with Gasteiger partial charge in [-0.15, -0.1) is 0 Å². The maximum Gasteiger partial charge on any atom is 0.214 e. The van der Waals surface area contributed by atoms with Gasteiger partial charge in [0.2, 0.25) is 20.0 Å². The van der Waals surface area contributed by atoms with E-state index in [0.717, 1.165) is 19.1 Å². The Balaban J connectivity index is 2.08. The van der Waals surface area contributed by atoms with E-state index in [-0.39, 0.29) is 13.2 Å². The van der Waals surface area contributed by atoms with Crippen molar-refractivity contribution >= 4 is 20.0 Å². The summed E-state index contributed by atoms with van der Waals surface area (Å²) < 4.78 is 57.2. The summed E-state index contributed by atoms with van der Waals surface area (Å²) in [6.07, 6.45) is 3.78. The lowest BCUT2D eigenvalue weighted by Gasteiger charge is -2.41. The molecule has 8 nitrogen and oxygen atoms in total. The van der Waals surface area contributed by atoms with Crippen LogP contribution in [-0.2, 0) is 25.6 Å². The Morgan fingerprint density at radius 3 is 2.39 bits per heavy atom. The second-order valence-electron chi connectivity index (χ2n) is 7.47. The first-order valence-corrected chi connectivity index (χ1v) is 12.8. The molecule has 0 aromatic heterocycles. The third-order valence-electron chi connectivity index (χ3n) is 4.89. The summed E-state index contributed by atoms with van der Waals surface area (Å²) in [5.74, 6) is 0.540. The summed E-state index contributed by atoms with van der Waals surface area (Å²) >= 11 is 0. The largest absolute Gasteiger partial charge is 0.492 e. The lowest BCUT2D eigenvalue weighted by molar-refractivity contribution is -0.0250. The first-order chi connectivity index (χ1) is 12.9. The second-order valence-corrected chi connectivity index (χ2v) is 11.6. The van der Waals surface area contributed by atoms with Gasteiger partial charge in [0.05, 0.1) is 17.5 Å². The summed E-state index contributed by atoms with van der Waals surface area (Å²) in [6.45, 7) is 3.54. The molecule has 2 atom stereocenters. The fraction of sp³-hybridized carbons (Fsp3) is 0.667. The van der Waals surface area contributed by atoms with Gasteiger partial charge in [0.25, 0.3) is 0 Å². The highest BCUT2D eigenvalue weighted by Gasteiger charge is 2.42. The Bertz CT molecular complexity index is 853. The van der Waals surface area contributed by atoms with E-state index >= 15 is 0 Å². The van der Waals surface area contributed by atoms with Crippen molar-refractivity contribution in [3.63, 3.8) is 0 Å². The van der Waals surface area contributed by atoms with Gasteiger partial charge in [0.1, 0.15) is 18.0 Å². The molecule has 0 saturated heterocycles. The maximum absolute atomic E-state index is 12.3. The van der Waals surface area contributed by atoms with E-state index in [0.29, 0.717) is 24.2 Å². The number of sulfonamides is 2. The molecule has 1 aromatic rings. The minimum absolute atomic E-state index is 0.156. The molecule has 0 bridgehead atoms. The normalized spacial score (nSPS) is 23.7. The first kappa shape index (κ1) is 23.1. The van der Waals surface area contributed by atoms with E-state index in [1.165, 1.54) is 0 Å². The van der Waals surface area contributed by atoms with Crippen molar-refractivity contribution in [2.45, 2.75) is 56.4 Å².